The van der Waals surface area contributed by atoms with Gasteiger partial charge in [0, 0.05) is 12.0 Å². The van der Waals surface area contributed by atoms with E-state index in [0.717, 1.165) is 24.3 Å². The summed E-state index contributed by atoms with van der Waals surface area (Å²) in [4.78, 5) is 12.9. The molecule has 21 heavy (non-hydrogen) atoms. The first-order valence-corrected chi connectivity index (χ1v) is 9.43. The van der Waals surface area contributed by atoms with Crippen LogP contribution in [0.15, 0.2) is 0 Å². The van der Waals surface area contributed by atoms with Gasteiger partial charge in [-0.2, -0.15) is 0 Å². The third kappa shape index (κ3) is 3.14. The summed E-state index contributed by atoms with van der Waals surface area (Å²) in [6, 6.07) is 0. The van der Waals surface area contributed by atoms with Crippen LogP contribution in [0.4, 0.5) is 0 Å². The van der Waals surface area contributed by atoms with Crippen LogP contribution in [0.3, 0.4) is 0 Å². The van der Waals surface area contributed by atoms with Gasteiger partial charge in [0.25, 0.3) is 0 Å². The molecule has 4 rings (SSSR count). The van der Waals surface area contributed by atoms with Crippen molar-refractivity contribution >= 4 is 5.91 Å². The molecule has 0 aromatic heterocycles. The molecule has 4 fully saturated rings. The zero-order valence-electron chi connectivity index (χ0n) is 14.0. The zero-order chi connectivity index (χ0) is 14.9. The minimum absolute atomic E-state index is 0.0395. The van der Waals surface area contributed by atoms with E-state index in [4.69, 9.17) is 0 Å². The van der Waals surface area contributed by atoms with Crippen molar-refractivity contribution < 1.29 is 4.79 Å². The summed E-state index contributed by atoms with van der Waals surface area (Å²) in [5.41, 5.74) is 0.0395. The smallest absolute Gasteiger partial charge is 0.226 e. The second kappa shape index (κ2) is 6.30. The van der Waals surface area contributed by atoms with Gasteiger partial charge < -0.3 is 5.32 Å². The predicted octanol–water partition coefficient (Wildman–Crippen LogP) is 4.54. The molecule has 2 nitrogen and oxygen atoms in total. The summed E-state index contributed by atoms with van der Waals surface area (Å²) in [7, 11) is 0. The Balaban J connectivity index is 1.55. The molecule has 4 aliphatic carbocycles. The Morgan fingerprint density at radius 3 is 2.14 bits per heavy atom. The Hall–Kier alpha value is -0.530. The molecule has 0 aromatic carbocycles. The maximum atomic E-state index is 12.9. The van der Waals surface area contributed by atoms with E-state index in [2.05, 4.69) is 19.2 Å². The largest absolute Gasteiger partial charge is 0.355 e. The van der Waals surface area contributed by atoms with Crippen LogP contribution in [0.2, 0.25) is 0 Å². The Kier molecular flexibility index (Phi) is 4.61. The van der Waals surface area contributed by atoms with Crippen LogP contribution in [0.5, 0.6) is 0 Å². The summed E-state index contributed by atoms with van der Waals surface area (Å²) >= 11 is 0. The van der Waals surface area contributed by atoms with Crippen LogP contribution in [-0.4, -0.2) is 12.5 Å². The summed E-state index contributed by atoms with van der Waals surface area (Å²) in [5.74, 6) is 3.69. The third-order valence-electron chi connectivity index (χ3n) is 6.61. The van der Waals surface area contributed by atoms with Crippen LogP contribution < -0.4 is 5.32 Å². The number of unbranched alkanes of at least 4 members (excludes halogenated alkanes) is 1. The summed E-state index contributed by atoms with van der Waals surface area (Å²) in [6.45, 7) is 5.43. The first kappa shape index (κ1) is 15.4. The molecule has 0 spiro atoms. The maximum absolute atomic E-state index is 12.9. The van der Waals surface area contributed by atoms with Crippen LogP contribution in [-0.2, 0) is 4.79 Å². The van der Waals surface area contributed by atoms with Gasteiger partial charge >= 0.3 is 0 Å². The number of hydrogen-bond acceptors (Lipinski definition) is 1. The molecule has 4 saturated carbocycles. The highest BCUT2D eigenvalue weighted by atomic mass is 16.2. The molecular weight excluding hydrogens is 258 g/mol. The second-order valence-corrected chi connectivity index (χ2v) is 8.32. The summed E-state index contributed by atoms with van der Waals surface area (Å²) in [5, 5.41) is 3.36. The highest BCUT2D eigenvalue weighted by Crippen LogP contribution is 2.60. The predicted molar refractivity (Wildman–Crippen MR) is 86.9 cm³/mol. The van der Waals surface area contributed by atoms with Gasteiger partial charge in [-0.1, -0.05) is 33.1 Å². The van der Waals surface area contributed by atoms with Gasteiger partial charge in [-0.3, -0.25) is 4.79 Å². The van der Waals surface area contributed by atoms with Gasteiger partial charge in [-0.15, -0.1) is 0 Å². The highest BCUT2D eigenvalue weighted by molar-refractivity contribution is 5.83. The molecule has 120 valence electrons. The van der Waals surface area contributed by atoms with E-state index in [1.807, 2.05) is 0 Å². The van der Waals surface area contributed by atoms with E-state index in [1.165, 1.54) is 64.2 Å². The zero-order valence-corrected chi connectivity index (χ0v) is 14.0. The second-order valence-electron chi connectivity index (χ2n) is 8.32. The van der Waals surface area contributed by atoms with Crippen molar-refractivity contribution in [3.8, 4) is 0 Å². The highest BCUT2D eigenvalue weighted by Gasteiger charge is 2.54. The molecule has 1 atom stereocenters. The lowest BCUT2D eigenvalue weighted by atomic mass is 9.49. The number of carbonyl (C=O) groups excluding carboxylic acids is 1. The molecule has 0 saturated heterocycles. The molecule has 4 bridgehead atoms. The average Bonchev–Trinajstić information content (AvgIpc) is 2.45. The number of nitrogens with one attached hydrogen (secondary N) is 1. The number of rotatable bonds is 7. The van der Waals surface area contributed by atoms with Crippen molar-refractivity contribution in [2.45, 2.75) is 78.1 Å². The number of carbonyl (C=O) groups is 1. The van der Waals surface area contributed by atoms with Gasteiger partial charge in [0.15, 0.2) is 0 Å². The Morgan fingerprint density at radius 2 is 1.67 bits per heavy atom. The molecule has 1 N–H and O–H groups in total. The normalized spacial score (nSPS) is 38.5. The fourth-order valence-corrected chi connectivity index (χ4v) is 5.76. The molecule has 2 heteroatoms. The first-order chi connectivity index (χ1) is 10.1. The SMILES string of the molecule is CCCCC(CC)CNC(=O)C12CC3CC(CC(C3)C1)C2. The molecule has 1 unspecified atom stereocenters. The molecule has 0 aliphatic heterocycles. The lowest BCUT2D eigenvalue weighted by Crippen LogP contribution is -2.54. The van der Waals surface area contributed by atoms with Crippen LogP contribution in [0, 0.1) is 29.1 Å². The average molecular weight is 291 g/mol. The van der Waals surface area contributed by atoms with E-state index < -0.39 is 0 Å². The standard InChI is InChI=1S/C19H33NO/c1-3-5-6-14(4-2)13-20-18(21)19-10-15-7-16(11-19)9-17(8-15)12-19/h14-17H,3-13H2,1-2H3,(H,20,21). The quantitative estimate of drug-likeness (QED) is 0.733. The lowest BCUT2D eigenvalue weighted by molar-refractivity contribution is -0.146. The van der Waals surface area contributed by atoms with Crippen molar-refractivity contribution in [3.63, 3.8) is 0 Å². The molecular formula is C19H33NO. The number of amides is 1. The molecule has 0 aromatic rings. The molecule has 1 amide bonds. The third-order valence-corrected chi connectivity index (χ3v) is 6.61. The van der Waals surface area contributed by atoms with E-state index in [1.54, 1.807) is 0 Å². The van der Waals surface area contributed by atoms with Gasteiger partial charge in [-0.05, 0) is 68.6 Å². The number of hydrogen-bond donors (Lipinski definition) is 1. The van der Waals surface area contributed by atoms with Crippen molar-refractivity contribution in [1.29, 1.82) is 0 Å². The minimum atomic E-state index is 0.0395. The molecule has 0 radical (unpaired) electrons. The Labute approximate surface area is 130 Å². The summed E-state index contributed by atoms with van der Waals surface area (Å²) in [6.07, 6.45) is 12.9. The van der Waals surface area contributed by atoms with Gasteiger partial charge in [-0.25, -0.2) is 0 Å². The van der Waals surface area contributed by atoms with E-state index >= 15 is 0 Å². The Bertz CT molecular complexity index is 340. The van der Waals surface area contributed by atoms with Gasteiger partial charge in [0.2, 0.25) is 5.91 Å². The van der Waals surface area contributed by atoms with Gasteiger partial charge in [0.05, 0.1) is 0 Å². The topological polar surface area (TPSA) is 29.1 Å². The van der Waals surface area contributed by atoms with E-state index in [9.17, 15) is 4.79 Å². The Morgan fingerprint density at radius 1 is 1.10 bits per heavy atom. The fourth-order valence-electron chi connectivity index (χ4n) is 5.76. The van der Waals surface area contributed by atoms with Crippen molar-refractivity contribution in [3.05, 3.63) is 0 Å². The fraction of sp³-hybridized carbons (Fsp3) is 0.947. The van der Waals surface area contributed by atoms with Crippen LogP contribution in [0.1, 0.15) is 78.1 Å². The lowest BCUT2D eigenvalue weighted by Gasteiger charge is -2.55. The van der Waals surface area contributed by atoms with E-state index in [-0.39, 0.29) is 5.41 Å². The minimum Gasteiger partial charge on any atom is -0.355 e. The molecule has 4 aliphatic rings. The van der Waals surface area contributed by atoms with Gasteiger partial charge in [0.1, 0.15) is 0 Å². The van der Waals surface area contributed by atoms with Crippen molar-refractivity contribution in [1.82, 2.24) is 5.32 Å². The van der Waals surface area contributed by atoms with Crippen LogP contribution in [0.25, 0.3) is 0 Å². The van der Waals surface area contributed by atoms with Crippen molar-refractivity contribution in [2.24, 2.45) is 29.1 Å². The molecule has 0 heterocycles. The van der Waals surface area contributed by atoms with Crippen molar-refractivity contribution in [2.75, 3.05) is 6.54 Å². The summed E-state index contributed by atoms with van der Waals surface area (Å²) < 4.78 is 0. The first-order valence-electron chi connectivity index (χ1n) is 9.43. The van der Waals surface area contributed by atoms with E-state index in [0.29, 0.717) is 11.8 Å². The van der Waals surface area contributed by atoms with Crippen LogP contribution >= 0.6 is 0 Å². The maximum Gasteiger partial charge on any atom is 0.226 e. The monoisotopic (exact) mass is 291 g/mol.